The maximum atomic E-state index is 13.8. The number of ketones is 1. The minimum Gasteiger partial charge on any atom is -0.507 e. The molecule has 2 atom stereocenters. The zero-order chi connectivity index (χ0) is 24.3. The molecule has 3 aromatic carbocycles. The number of aliphatic hydroxyl groups excluding tert-OH is 1. The van der Waals surface area contributed by atoms with E-state index in [0.29, 0.717) is 27.8 Å². The SMILES string of the molecule is C[C@H]1Cc2cc(C(O)=C3C(=O)C(=O)N(c4nc5ccc(F)cc5s4)[C@H]3c3ccccc3)ccc2O1. The van der Waals surface area contributed by atoms with Crippen molar-refractivity contribution < 1.29 is 23.8 Å². The minimum atomic E-state index is -0.884. The van der Waals surface area contributed by atoms with Gasteiger partial charge in [0.05, 0.1) is 21.8 Å². The van der Waals surface area contributed by atoms with Gasteiger partial charge in [-0.1, -0.05) is 41.7 Å². The smallest absolute Gasteiger partial charge is 0.301 e. The molecule has 0 unspecified atom stereocenters. The topological polar surface area (TPSA) is 79.7 Å². The number of amides is 1. The fraction of sp³-hybridized carbons (Fsp3) is 0.148. The molecule has 0 saturated carbocycles. The van der Waals surface area contributed by atoms with Crippen molar-refractivity contribution in [3.05, 3.63) is 94.8 Å². The molecule has 1 N–H and O–H groups in total. The zero-order valence-corrected chi connectivity index (χ0v) is 19.4. The Hall–Kier alpha value is -4.04. The molecule has 6 rings (SSSR count). The molecule has 0 aliphatic carbocycles. The van der Waals surface area contributed by atoms with Crippen LogP contribution in [-0.2, 0) is 16.0 Å². The third-order valence-electron chi connectivity index (χ3n) is 6.27. The van der Waals surface area contributed by atoms with Crippen molar-refractivity contribution in [2.24, 2.45) is 0 Å². The summed E-state index contributed by atoms with van der Waals surface area (Å²) in [6.45, 7) is 1.96. The lowest BCUT2D eigenvalue weighted by Crippen LogP contribution is -2.29. The highest BCUT2D eigenvalue weighted by Crippen LogP contribution is 2.44. The van der Waals surface area contributed by atoms with Crippen molar-refractivity contribution in [1.29, 1.82) is 0 Å². The second-order valence-electron chi connectivity index (χ2n) is 8.64. The van der Waals surface area contributed by atoms with Crippen LogP contribution in [0.4, 0.5) is 9.52 Å². The summed E-state index contributed by atoms with van der Waals surface area (Å²) >= 11 is 1.12. The van der Waals surface area contributed by atoms with Crippen molar-refractivity contribution >= 4 is 44.1 Å². The van der Waals surface area contributed by atoms with E-state index in [4.69, 9.17) is 4.74 Å². The Labute approximate surface area is 203 Å². The van der Waals surface area contributed by atoms with Gasteiger partial charge < -0.3 is 9.84 Å². The molecule has 2 aliphatic rings. The summed E-state index contributed by atoms with van der Waals surface area (Å²) in [7, 11) is 0. The van der Waals surface area contributed by atoms with Crippen LogP contribution in [0.25, 0.3) is 16.0 Å². The van der Waals surface area contributed by atoms with Crippen LogP contribution in [0.1, 0.15) is 29.7 Å². The Kier molecular flexibility index (Phi) is 4.93. The molecule has 4 aromatic rings. The first-order valence-electron chi connectivity index (χ1n) is 11.1. The van der Waals surface area contributed by atoms with Gasteiger partial charge in [0.2, 0.25) is 0 Å². The van der Waals surface area contributed by atoms with Crippen LogP contribution < -0.4 is 9.64 Å². The van der Waals surface area contributed by atoms with Gasteiger partial charge in [-0.2, -0.15) is 0 Å². The highest BCUT2D eigenvalue weighted by molar-refractivity contribution is 7.22. The fourth-order valence-corrected chi connectivity index (χ4v) is 5.71. The first-order valence-corrected chi connectivity index (χ1v) is 11.9. The van der Waals surface area contributed by atoms with Crippen LogP contribution in [0.2, 0.25) is 0 Å². The number of carbonyl (C=O) groups excluding carboxylic acids is 2. The van der Waals surface area contributed by atoms with Crippen LogP contribution in [-0.4, -0.2) is 27.9 Å². The van der Waals surface area contributed by atoms with E-state index < -0.39 is 23.5 Å². The van der Waals surface area contributed by atoms with E-state index >= 15 is 0 Å². The number of anilines is 1. The van der Waals surface area contributed by atoms with E-state index in [1.54, 1.807) is 42.5 Å². The lowest BCUT2D eigenvalue weighted by atomic mass is 9.94. The van der Waals surface area contributed by atoms with Gasteiger partial charge in [-0.3, -0.25) is 14.5 Å². The Morgan fingerprint density at radius 2 is 1.91 bits per heavy atom. The van der Waals surface area contributed by atoms with Crippen LogP contribution in [0.3, 0.4) is 0 Å². The molecule has 0 radical (unpaired) electrons. The number of benzene rings is 3. The lowest BCUT2D eigenvalue weighted by Gasteiger charge is -2.23. The molecular weight excluding hydrogens is 467 g/mol. The number of carbonyl (C=O) groups is 2. The number of Topliss-reactive ketones (excluding diaryl/α,β-unsaturated/α-hetero) is 1. The van der Waals surface area contributed by atoms with Gasteiger partial charge in [-0.05, 0) is 54.4 Å². The van der Waals surface area contributed by atoms with Gasteiger partial charge in [-0.25, -0.2) is 9.37 Å². The number of halogens is 1. The van der Waals surface area contributed by atoms with E-state index in [9.17, 15) is 19.1 Å². The Morgan fingerprint density at radius 1 is 1.11 bits per heavy atom. The number of aromatic nitrogens is 1. The normalized spacial score (nSPS) is 20.9. The molecule has 0 spiro atoms. The summed E-state index contributed by atoms with van der Waals surface area (Å²) < 4.78 is 20.1. The highest BCUT2D eigenvalue weighted by atomic mass is 32.1. The van der Waals surface area contributed by atoms with Gasteiger partial charge in [0.25, 0.3) is 5.78 Å². The van der Waals surface area contributed by atoms with Gasteiger partial charge >= 0.3 is 5.91 Å². The molecule has 3 heterocycles. The first kappa shape index (κ1) is 21.5. The summed E-state index contributed by atoms with van der Waals surface area (Å²) in [6, 6.07) is 17.6. The number of nitrogens with zero attached hydrogens (tertiary/aromatic N) is 2. The summed E-state index contributed by atoms with van der Waals surface area (Å²) in [4.78, 5) is 32.4. The standard InChI is InChI=1S/C27H19FN2O4S/c1-14-11-17-12-16(7-10-20(17)34-14)24(31)22-23(15-5-3-2-4-6-15)30(26(33)25(22)32)27-29-19-9-8-18(28)13-21(19)35-27/h2-10,12-14,23,31H,11H2,1H3/t14-,23-/m0/s1. The second kappa shape index (κ2) is 8.02. The molecule has 174 valence electrons. The van der Waals surface area contributed by atoms with Gasteiger partial charge in [-0.15, -0.1) is 0 Å². The number of rotatable bonds is 3. The van der Waals surface area contributed by atoms with Crippen LogP contribution in [0.15, 0.2) is 72.3 Å². The van der Waals surface area contributed by atoms with E-state index in [-0.39, 0.29) is 22.6 Å². The molecule has 1 fully saturated rings. The summed E-state index contributed by atoms with van der Waals surface area (Å²) in [5.74, 6) is -1.51. The van der Waals surface area contributed by atoms with Crippen LogP contribution in [0, 0.1) is 5.82 Å². The van der Waals surface area contributed by atoms with Crippen molar-refractivity contribution in [3.8, 4) is 5.75 Å². The Balaban J connectivity index is 1.53. The van der Waals surface area contributed by atoms with Gasteiger partial charge in [0.15, 0.2) is 5.13 Å². The maximum absolute atomic E-state index is 13.8. The first-order chi connectivity index (χ1) is 16.9. The molecule has 1 aromatic heterocycles. The zero-order valence-electron chi connectivity index (χ0n) is 18.6. The van der Waals surface area contributed by atoms with Crippen molar-refractivity contribution in [1.82, 2.24) is 4.98 Å². The number of hydrogen-bond donors (Lipinski definition) is 1. The molecule has 1 saturated heterocycles. The fourth-order valence-electron chi connectivity index (χ4n) is 4.69. The minimum absolute atomic E-state index is 0.0152. The Morgan fingerprint density at radius 3 is 2.71 bits per heavy atom. The van der Waals surface area contributed by atoms with Crippen LogP contribution in [0.5, 0.6) is 5.75 Å². The summed E-state index contributed by atoms with van der Waals surface area (Å²) in [5, 5.41) is 11.6. The number of ether oxygens (including phenoxy) is 1. The number of fused-ring (bicyclic) bond motifs is 2. The van der Waals surface area contributed by atoms with Crippen molar-refractivity contribution in [3.63, 3.8) is 0 Å². The van der Waals surface area contributed by atoms with Gasteiger partial charge in [0, 0.05) is 12.0 Å². The monoisotopic (exact) mass is 486 g/mol. The third-order valence-corrected chi connectivity index (χ3v) is 7.29. The molecule has 2 aliphatic heterocycles. The number of hydrogen-bond acceptors (Lipinski definition) is 6. The quantitative estimate of drug-likeness (QED) is 0.239. The van der Waals surface area contributed by atoms with Crippen molar-refractivity contribution in [2.45, 2.75) is 25.5 Å². The van der Waals surface area contributed by atoms with E-state index in [2.05, 4.69) is 4.98 Å². The Bertz CT molecular complexity index is 1550. The highest BCUT2D eigenvalue weighted by Gasteiger charge is 2.48. The molecule has 35 heavy (non-hydrogen) atoms. The molecule has 8 heteroatoms. The molecule has 0 bridgehead atoms. The third kappa shape index (κ3) is 3.49. The van der Waals surface area contributed by atoms with E-state index in [0.717, 1.165) is 22.6 Å². The molecular formula is C27H19FN2O4S. The average Bonchev–Trinajstić information content (AvgIpc) is 3.51. The summed E-state index contributed by atoms with van der Waals surface area (Å²) in [5.41, 5.74) is 2.52. The van der Waals surface area contributed by atoms with Crippen LogP contribution >= 0.6 is 11.3 Å². The maximum Gasteiger partial charge on any atom is 0.301 e. The molecule has 1 amide bonds. The largest absolute Gasteiger partial charge is 0.507 e. The average molecular weight is 487 g/mol. The predicted octanol–water partition coefficient (Wildman–Crippen LogP) is 5.39. The number of aliphatic hydroxyl groups is 1. The van der Waals surface area contributed by atoms with Gasteiger partial charge in [0.1, 0.15) is 23.4 Å². The summed E-state index contributed by atoms with van der Waals surface area (Å²) in [6.07, 6.45) is 0.719. The molecule has 6 nitrogen and oxygen atoms in total. The van der Waals surface area contributed by atoms with Crippen molar-refractivity contribution in [2.75, 3.05) is 4.90 Å². The van der Waals surface area contributed by atoms with E-state index in [1.165, 1.54) is 23.1 Å². The number of thiazole rings is 1. The second-order valence-corrected chi connectivity index (χ2v) is 9.65. The predicted molar refractivity (Wildman–Crippen MR) is 131 cm³/mol. The lowest BCUT2D eigenvalue weighted by molar-refractivity contribution is -0.132. The van der Waals surface area contributed by atoms with E-state index in [1.807, 2.05) is 13.0 Å².